The summed E-state index contributed by atoms with van der Waals surface area (Å²) in [6.45, 7) is 4.12. The zero-order valence-corrected chi connectivity index (χ0v) is 15.7. The Morgan fingerprint density at radius 3 is 2.36 bits per heavy atom. The molecule has 0 aliphatic carbocycles. The van der Waals surface area contributed by atoms with Crippen molar-refractivity contribution in [2.45, 2.75) is 26.9 Å². The van der Waals surface area contributed by atoms with Crippen molar-refractivity contribution in [3.63, 3.8) is 0 Å². The van der Waals surface area contributed by atoms with Gasteiger partial charge in [0.2, 0.25) is 0 Å². The normalized spacial score (nSPS) is 10.7. The first-order valence-corrected chi connectivity index (χ1v) is 8.81. The Labute approximate surface area is 154 Å². The molecular weight excluding hydrogens is 382 g/mol. The summed E-state index contributed by atoms with van der Waals surface area (Å²) in [5.74, 6) is -0.472. The van der Waals surface area contributed by atoms with E-state index in [2.05, 4.69) is 33.2 Å². The average Bonchev–Trinajstić information content (AvgIpc) is 3.02. The molecule has 0 amide bonds. The van der Waals surface area contributed by atoms with Crippen LogP contribution in [0.5, 0.6) is 0 Å². The molecule has 128 valence electrons. The van der Waals surface area contributed by atoms with E-state index in [1.54, 1.807) is 11.6 Å². The van der Waals surface area contributed by atoms with E-state index in [1.807, 2.05) is 48.5 Å². The number of aromatic nitrogens is 3. The van der Waals surface area contributed by atoms with E-state index in [0.29, 0.717) is 5.69 Å². The second kappa shape index (κ2) is 7.61. The molecule has 0 radical (unpaired) electrons. The fourth-order valence-electron chi connectivity index (χ4n) is 2.43. The quantitative estimate of drug-likeness (QED) is 0.601. The van der Waals surface area contributed by atoms with Crippen molar-refractivity contribution in [3.05, 3.63) is 75.5 Å². The van der Waals surface area contributed by atoms with Gasteiger partial charge in [-0.05, 0) is 48.7 Å². The Bertz CT molecular complexity index is 871. The minimum atomic E-state index is -0.472. The molecule has 0 aliphatic heterocycles. The van der Waals surface area contributed by atoms with Gasteiger partial charge in [0, 0.05) is 4.47 Å². The lowest BCUT2D eigenvalue weighted by Crippen LogP contribution is -2.08. The van der Waals surface area contributed by atoms with Crippen molar-refractivity contribution in [3.8, 4) is 5.69 Å². The summed E-state index contributed by atoms with van der Waals surface area (Å²) in [7, 11) is 0. The maximum Gasteiger partial charge on any atom is 0.361 e. The van der Waals surface area contributed by atoms with Crippen molar-refractivity contribution in [2.75, 3.05) is 0 Å². The van der Waals surface area contributed by atoms with Crippen LogP contribution >= 0.6 is 15.9 Å². The second-order valence-electron chi connectivity index (χ2n) is 5.66. The summed E-state index contributed by atoms with van der Waals surface area (Å²) >= 11 is 3.40. The molecule has 0 saturated heterocycles. The Kier molecular flexibility index (Phi) is 5.28. The monoisotopic (exact) mass is 399 g/mol. The fourth-order valence-corrected chi connectivity index (χ4v) is 2.70. The van der Waals surface area contributed by atoms with Crippen LogP contribution < -0.4 is 0 Å². The van der Waals surface area contributed by atoms with E-state index in [9.17, 15) is 4.79 Å². The summed E-state index contributed by atoms with van der Waals surface area (Å²) < 4.78 is 7.97. The molecule has 0 unspecified atom stereocenters. The van der Waals surface area contributed by atoms with Gasteiger partial charge in [0.1, 0.15) is 6.61 Å². The van der Waals surface area contributed by atoms with Gasteiger partial charge in [0.05, 0.1) is 11.4 Å². The lowest BCUT2D eigenvalue weighted by Gasteiger charge is -2.06. The van der Waals surface area contributed by atoms with E-state index in [0.717, 1.165) is 22.1 Å². The van der Waals surface area contributed by atoms with Gasteiger partial charge in [0.25, 0.3) is 0 Å². The molecule has 0 atom stereocenters. The van der Waals surface area contributed by atoms with Crippen molar-refractivity contribution in [1.29, 1.82) is 0 Å². The van der Waals surface area contributed by atoms with Crippen LogP contribution in [0.2, 0.25) is 0 Å². The maximum atomic E-state index is 12.3. The summed E-state index contributed by atoms with van der Waals surface area (Å²) in [4.78, 5) is 12.3. The molecule has 1 aromatic heterocycles. The van der Waals surface area contributed by atoms with Crippen LogP contribution in [-0.4, -0.2) is 21.0 Å². The number of hydrogen-bond donors (Lipinski definition) is 0. The van der Waals surface area contributed by atoms with Gasteiger partial charge in [-0.15, -0.1) is 5.10 Å². The van der Waals surface area contributed by atoms with Crippen LogP contribution in [0.3, 0.4) is 0 Å². The molecule has 3 aromatic rings. The standard InChI is InChI=1S/C19H18BrN3O2/c1-3-14-4-6-15(7-5-14)12-25-19(24)18-13(2)23(22-21-18)17-10-8-16(20)9-11-17/h4-11H,3,12H2,1-2H3. The molecule has 1 heterocycles. The number of carbonyl (C=O) groups excluding carboxylic acids is 1. The highest BCUT2D eigenvalue weighted by Crippen LogP contribution is 2.17. The SMILES string of the molecule is CCc1ccc(COC(=O)c2nnn(-c3ccc(Br)cc3)c2C)cc1. The molecule has 3 rings (SSSR count). The molecule has 6 heteroatoms. The van der Waals surface area contributed by atoms with Crippen molar-refractivity contribution >= 4 is 21.9 Å². The number of aryl methyl sites for hydroxylation is 1. The van der Waals surface area contributed by atoms with E-state index in [4.69, 9.17) is 4.74 Å². The fraction of sp³-hybridized carbons (Fsp3) is 0.211. The van der Waals surface area contributed by atoms with E-state index in [1.165, 1.54) is 5.56 Å². The number of rotatable bonds is 5. The molecule has 2 aromatic carbocycles. The van der Waals surface area contributed by atoms with Crippen LogP contribution in [0.25, 0.3) is 5.69 Å². The highest BCUT2D eigenvalue weighted by atomic mass is 79.9. The number of carbonyl (C=O) groups is 1. The van der Waals surface area contributed by atoms with Crippen LogP contribution in [0.1, 0.15) is 34.2 Å². The first kappa shape index (κ1) is 17.4. The van der Waals surface area contributed by atoms with Gasteiger partial charge >= 0.3 is 5.97 Å². The largest absolute Gasteiger partial charge is 0.456 e. The Hall–Kier alpha value is -2.47. The summed E-state index contributed by atoms with van der Waals surface area (Å²) in [5, 5.41) is 8.05. The van der Waals surface area contributed by atoms with Crippen LogP contribution in [-0.2, 0) is 17.8 Å². The predicted octanol–water partition coefficient (Wildman–Crippen LogP) is 4.26. The number of ether oxygens (including phenoxy) is 1. The van der Waals surface area contributed by atoms with E-state index < -0.39 is 5.97 Å². The molecule has 0 spiro atoms. The molecule has 0 bridgehead atoms. The number of hydrogen-bond acceptors (Lipinski definition) is 4. The third-order valence-corrected chi connectivity index (χ3v) is 4.49. The minimum absolute atomic E-state index is 0.216. The zero-order chi connectivity index (χ0) is 17.8. The van der Waals surface area contributed by atoms with Gasteiger partial charge in [-0.2, -0.15) is 0 Å². The smallest absolute Gasteiger partial charge is 0.361 e. The summed E-state index contributed by atoms with van der Waals surface area (Å²) in [6.07, 6.45) is 0.985. The van der Waals surface area contributed by atoms with Crippen LogP contribution in [0, 0.1) is 6.92 Å². The zero-order valence-electron chi connectivity index (χ0n) is 14.1. The van der Waals surface area contributed by atoms with Gasteiger partial charge in [-0.25, -0.2) is 9.48 Å². The lowest BCUT2D eigenvalue weighted by atomic mass is 10.1. The average molecular weight is 400 g/mol. The van der Waals surface area contributed by atoms with Gasteiger partial charge in [-0.3, -0.25) is 0 Å². The Morgan fingerprint density at radius 1 is 1.08 bits per heavy atom. The molecule has 0 aliphatic rings. The van der Waals surface area contributed by atoms with E-state index in [-0.39, 0.29) is 12.3 Å². The highest BCUT2D eigenvalue weighted by Gasteiger charge is 2.18. The molecule has 0 N–H and O–H groups in total. The summed E-state index contributed by atoms with van der Waals surface area (Å²) in [5.41, 5.74) is 3.91. The number of esters is 1. The van der Waals surface area contributed by atoms with Crippen molar-refractivity contribution < 1.29 is 9.53 Å². The highest BCUT2D eigenvalue weighted by molar-refractivity contribution is 9.10. The Balaban J connectivity index is 1.71. The molecule has 0 saturated carbocycles. The van der Waals surface area contributed by atoms with Crippen LogP contribution in [0.15, 0.2) is 53.0 Å². The molecular formula is C19H18BrN3O2. The van der Waals surface area contributed by atoms with Crippen LogP contribution in [0.4, 0.5) is 0 Å². The first-order valence-electron chi connectivity index (χ1n) is 8.01. The Morgan fingerprint density at radius 2 is 1.72 bits per heavy atom. The molecule has 0 fully saturated rings. The van der Waals surface area contributed by atoms with Crippen molar-refractivity contribution in [1.82, 2.24) is 15.0 Å². The topological polar surface area (TPSA) is 57.0 Å². The lowest BCUT2D eigenvalue weighted by molar-refractivity contribution is 0.0464. The first-order chi connectivity index (χ1) is 12.1. The summed E-state index contributed by atoms with van der Waals surface area (Å²) in [6, 6.07) is 15.6. The molecule has 5 nitrogen and oxygen atoms in total. The maximum absolute atomic E-state index is 12.3. The van der Waals surface area contributed by atoms with E-state index >= 15 is 0 Å². The van der Waals surface area contributed by atoms with Crippen molar-refractivity contribution in [2.24, 2.45) is 0 Å². The number of benzene rings is 2. The second-order valence-corrected chi connectivity index (χ2v) is 6.57. The molecule has 25 heavy (non-hydrogen) atoms. The van der Waals surface area contributed by atoms with Gasteiger partial charge in [0.15, 0.2) is 5.69 Å². The predicted molar refractivity (Wildman–Crippen MR) is 98.7 cm³/mol. The minimum Gasteiger partial charge on any atom is -0.456 e. The number of nitrogens with zero attached hydrogens (tertiary/aromatic N) is 3. The van der Waals surface area contributed by atoms with Gasteiger partial charge < -0.3 is 4.74 Å². The van der Waals surface area contributed by atoms with Gasteiger partial charge in [-0.1, -0.05) is 52.3 Å². The third kappa shape index (κ3) is 3.96. The third-order valence-electron chi connectivity index (χ3n) is 3.96. The number of halogens is 1.